The standard InChI is InChI=1S/C17H18N4O6/c1-27-14-8-13(9-16(22)23)19(10-14)17(24)15-5-6-20(18-15)11-3-2-4-12(7-11)21(25)26/h2-7,13-14H,8-10H2,1H3,(H,22,23). The van der Waals surface area contributed by atoms with Crippen molar-refractivity contribution in [2.45, 2.75) is 25.0 Å². The van der Waals surface area contributed by atoms with Crippen molar-refractivity contribution in [3.8, 4) is 5.69 Å². The van der Waals surface area contributed by atoms with Crippen molar-refractivity contribution < 1.29 is 24.4 Å². The van der Waals surface area contributed by atoms with E-state index in [1.54, 1.807) is 6.07 Å². The summed E-state index contributed by atoms with van der Waals surface area (Å²) in [6.45, 7) is 0.289. The van der Waals surface area contributed by atoms with E-state index in [0.717, 1.165) is 0 Å². The summed E-state index contributed by atoms with van der Waals surface area (Å²) in [4.78, 5) is 35.8. The number of non-ortho nitro benzene ring substituents is 1. The van der Waals surface area contributed by atoms with E-state index < -0.39 is 22.8 Å². The molecular formula is C17H18N4O6. The fourth-order valence-electron chi connectivity index (χ4n) is 3.17. The molecule has 2 atom stereocenters. The van der Waals surface area contributed by atoms with Crippen LogP contribution in [0.5, 0.6) is 0 Å². The normalized spacial score (nSPS) is 19.2. The maximum absolute atomic E-state index is 12.8. The van der Waals surface area contributed by atoms with Crippen molar-refractivity contribution >= 4 is 17.6 Å². The van der Waals surface area contributed by atoms with Gasteiger partial charge < -0.3 is 14.7 Å². The predicted molar refractivity (Wildman–Crippen MR) is 92.7 cm³/mol. The molecule has 142 valence electrons. The quantitative estimate of drug-likeness (QED) is 0.599. The van der Waals surface area contributed by atoms with Crippen LogP contribution in [0.15, 0.2) is 36.5 Å². The van der Waals surface area contributed by atoms with Crippen LogP contribution in [0, 0.1) is 10.1 Å². The molecule has 0 aliphatic carbocycles. The van der Waals surface area contributed by atoms with Gasteiger partial charge in [0.1, 0.15) is 0 Å². The van der Waals surface area contributed by atoms with Crippen molar-refractivity contribution in [2.24, 2.45) is 0 Å². The van der Waals surface area contributed by atoms with Crippen LogP contribution >= 0.6 is 0 Å². The Hall–Kier alpha value is -3.27. The predicted octanol–water partition coefficient (Wildman–Crippen LogP) is 1.48. The molecule has 1 aliphatic rings. The number of ether oxygens (including phenoxy) is 1. The zero-order chi connectivity index (χ0) is 19.6. The maximum Gasteiger partial charge on any atom is 0.305 e. The average molecular weight is 374 g/mol. The number of carbonyl (C=O) groups is 2. The first-order valence-corrected chi connectivity index (χ1v) is 8.25. The number of methoxy groups -OCH3 is 1. The fourth-order valence-corrected chi connectivity index (χ4v) is 3.17. The second kappa shape index (κ2) is 7.54. The minimum absolute atomic E-state index is 0.0834. The Morgan fingerprint density at radius 2 is 2.19 bits per heavy atom. The largest absolute Gasteiger partial charge is 0.481 e. The first-order valence-electron chi connectivity index (χ1n) is 8.25. The molecule has 0 bridgehead atoms. The van der Waals surface area contributed by atoms with E-state index in [4.69, 9.17) is 9.84 Å². The van der Waals surface area contributed by atoms with Crippen molar-refractivity contribution in [3.63, 3.8) is 0 Å². The molecule has 1 saturated heterocycles. The molecular weight excluding hydrogens is 356 g/mol. The Kier molecular flexibility index (Phi) is 5.17. The van der Waals surface area contributed by atoms with Crippen molar-refractivity contribution in [2.75, 3.05) is 13.7 Å². The second-order valence-corrected chi connectivity index (χ2v) is 6.23. The number of rotatable bonds is 6. The molecule has 1 amide bonds. The smallest absolute Gasteiger partial charge is 0.305 e. The van der Waals surface area contributed by atoms with Crippen molar-refractivity contribution in [1.29, 1.82) is 0 Å². The fraction of sp³-hybridized carbons (Fsp3) is 0.353. The van der Waals surface area contributed by atoms with E-state index in [2.05, 4.69) is 5.10 Å². The number of hydrogen-bond acceptors (Lipinski definition) is 6. The molecule has 1 aromatic heterocycles. The zero-order valence-corrected chi connectivity index (χ0v) is 14.5. The molecule has 1 N–H and O–H groups in total. The van der Waals surface area contributed by atoms with Crippen LogP contribution in [0.3, 0.4) is 0 Å². The highest BCUT2D eigenvalue weighted by molar-refractivity contribution is 5.93. The summed E-state index contributed by atoms with van der Waals surface area (Å²) in [6, 6.07) is 6.92. The molecule has 10 nitrogen and oxygen atoms in total. The minimum atomic E-state index is -0.989. The lowest BCUT2D eigenvalue weighted by atomic mass is 10.1. The van der Waals surface area contributed by atoms with Crippen molar-refractivity contribution in [1.82, 2.24) is 14.7 Å². The van der Waals surface area contributed by atoms with Gasteiger partial charge in [0.25, 0.3) is 11.6 Å². The van der Waals surface area contributed by atoms with Gasteiger partial charge in [0.2, 0.25) is 0 Å². The number of carboxylic acids is 1. The molecule has 0 radical (unpaired) electrons. The van der Waals surface area contributed by atoms with Gasteiger partial charge in [0, 0.05) is 38.0 Å². The molecule has 27 heavy (non-hydrogen) atoms. The Bertz CT molecular complexity index is 880. The minimum Gasteiger partial charge on any atom is -0.481 e. The van der Waals surface area contributed by atoms with Crippen LogP contribution in [0.25, 0.3) is 5.69 Å². The molecule has 2 unspecified atom stereocenters. The molecule has 1 aromatic carbocycles. The van der Waals surface area contributed by atoms with E-state index in [1.807, 2.05) is 0 Å². The lowest BCUT2D eigenvalue weighted by Gasteiger charge is -2.22. The molecule has 10 heteroatoms. The number of hydrogen-bond donors (Lipinski definition) is 1. The summed E-state index contributed by atoms with van der Waals surface area (Å²) >= 11 is 0. The summed E-state index contributed by atoms with van der Waals surface area (Å²) in [6.07, 6.45) is 1.58. The Balaban J connectivity index is 1.83. The van der Waals surface area contributed by atoms with Gasteiger partial charge in [-0.3, -0.25) is 19.7 Å². The molecule has 1 aliphatic heterocycles. The molecule has 1 fully saturated rings. The van der Waals surface area contributed by atoms with E-state index in [0.29, 0.717) is 12.1 Å². The summed E-state index contributed by atoms with van der Waals surface area (Å²) in [7, 11) is 1.52. The number of likely N-dealkylation sites (tertiary alicyclic amines) is 1. The molecule has 0 saturated carbocycles. The number of nitrogens with zero attached hydrogens (tertiary/aromatic N) is 4. The summed E-state index contributed by atoms with van der Waals surface area (Å²) in [5.41, 5.74) is 0.495. The second-order valence-electron chi connectivity index (χ2n) is 6.23. The van der Waals surface area contributed by atoms with Crippen LogP contribution in [0.4, 0.5) is 5.69 Å². The number of nitro benzene ring substituents is 1. The lowest BCUT2D eigenvalue weighted by molar-refractivity contribution is -0.384. The Morgan fingerprint density at radius 3 is 2.85 bits per heavy atom. The highest BCUT2D eigenvalue weighted by atomic mass is 16.6. The first kappa shape index (κ1) is 18.5. The van der Waals surface area contributed by atoms with Crippen molar-refractivity contribution in [3.05, 3.63) is 52.3 Å². The zero-order valence-electron chi connectivity index (χ0n) is 14.5. The summed E-state index contributed by atoms with van der Waals surface area (Å²) < 4.78 is 6.64. The van der Waals surface area contributed by atoms with Crippen LogP contribution < -0.4 is 0 Å². The molecule has 0 spiro atoms. The molecule has 3 rings (SSSR count). The Morgan fingerprint density at radius 1 is 1.41 bits per heavy atom. The molecule has 2 aromatic rings. The number of nitro groups is 1. The average Bonchev–Trinajstić information content (AvgIpc) is 3.28. The van der Waals surface area contributed by atoms with Gasteiger partial charge in [-0.05, 0) is 18.6 Å². The number of carboxylic acid groups (broad SMARTS) is 1. The number of carbonyl (C=O) groups excluding carboxylic acids is 1. The number of benzene rings is 1. The van der Waals surface area contributed by atoms with Gasteiger partial charge in [0.15, 0.2) is 5.69 Å². The van der Waals surface area contributed by atoms with E-state index in [1.165, 1.54) is 47.2 Å². The third-order valence-electron chi connectivity index (χ3n) is 4.49. The van der Waals surface area contributed by atoms with Crippen LogP contribution in [-0.2, 0) is 9.53 Å². The number of amides is 1. The number of aliphatic carboxylic acids is 1. The van der Waals surface area contributed by atoms with Gasteiger partial charge in [0.05, 0.1) is 23.1 Å². The Labute approximate surface area is 154 Å². The highest BCUT2D eigenvalue weighted by Crippen LogP contribution is 2.25. The van der Waals surface area contributed by atoms with Gasteiger partial charge in [-0.2, -0.15) is 5.10 Å². The monoisotopic (exact) mass is 374 g/mol. The van der Waals surface area contributed by atoms with E-state index >= 15 is 0 Å². The van der Waals surface area contributed by atoms with E-state index in [-0.39, 0.29) is 30.5 Å². The van der Waals surface area contributed by atoms with Gasteiger partial charge in [-0.25, -0.2) is 4.68 Å². The lowest BCUT2D eigenvalue weighted by Crippen LogP contribution is -2.37. The summed E-state index contributed by atoms with van der Waals surface area (Å²) in [5.74, 6) is -1.39. The molecule has 2 heterocycles. The highest BCUT2D eigenvalue weighted by Gasteiger charge is 2.37. The van der Waals surface area contributed by atoms with Gasteiger partial charge in [-0.15, -0.1) is 0 Å². The summed E-state index contributed by atoms with van der Waals surface area (Å²) in [5, 5.41) is 24.2. The van der Waals surface area contributed by atoms with Crippen LogP contribution in [-0.4, -0.2) is 62.4 Å². The first-order chi connectivity index (χ1) is 12.9. The topological polar surface area (TPSA) is 128 Å². The SMILES string of the molecule is COC1CC(CC(=O)O)N(C(=O)c2ccn(-c3cccc([N+](=O)[O-])c3)n2)C1. The third kappa shape index (κ3) is 3.95. The van der Waals surface area contributed by atoms with Gasteiger partial charge >= 0.3 is 5.97 Å². The maximum atomic E-state index is 12.8. The van der Waals surface area contributed by atoms with Crippen LogP contribution in [0.2, 0.25) is 0 Å². The van der Waals surface area contributed by atoms with E-state index in [9.17, 15) is 19.7 Å². The van der Waals surface area contributed by atoms with Gasteiger partial charge in [-0.1, -0.05) is 6.07 Å². The third-order valence-corrected chi connectivity index (χ3v) is 4.49. The number of aromatic nitrogens is 2. The van der Waals surface area contributed by atoms with Crippen LogP contribution in [0.1, 0.15) is 23.3 Å².